The first-order chi connectivity index (χ1) is 7.12. The van der Waals surface area contributed by atoms with Crippen molar-refractivity contribution in [2.75, 3.05) is 0 Å². The summed E-state index contributed by atoms with van der Waals surface area (Å²) in [5.41, 5.74) is 6.33. The van der Waals surface area contributed by atoms with Crippen LogP contribution in [0.1, 0.15) is 31.4 Å². The van der Waals surface area contributed by atoms with E-state index in [1.165, 1.54) is 0 Å². The summed E-state index contributed by atoms with van der Waals surface area (Å²) in [5.74, 6) is -0.0288. The monoisotopic (exact) mass is 240 g/mol. The zero-order valence-corrected chi connectivity index (χ0v) is 10.1. The number of benzene rings is 1. The summed E-state index contributed by atoms with van der Waals surface area (Å²) in [6, 6.07) is 9.92. The van der Waals surface area contributed by atoms with Crippen molar-refractivity contribution in [3.8, 4) is 0 Å². The van der Waals surface area contributed by atoms with Gasteiger partial charge in [-0.1, -0.05) is 30.3 Å². The largest absolute Gasteiger partial charge is 0.348 e. The molecule has 1 aliphatic rings. The minimum atomic E-state index is -0.580. The molecular formula is C12H17ClN2O. The maximum Gasteiger partial charge on any atom is 0.240 e. The number of carbonyl (C=O) groups excluding carboxylic acids is 1. The summed E-state index contributed by atoms with van der Waals surface area (Å²) in [6.07, 6.45) is 1.61. The highest BCUT2D eigenvalue weighted by Crippen LogP contribution is 2.32. The normalized spacial score (nSPS) is 18.1. The van der Waals surface area contributed by atoms with Crippen molar-refractivity contribution in [3.63, 3.8) is 0 Å². The Kier molecular flexibility index (Phi) is 3.94. The number of hydrogen-bond acceptors (Lipinski definition) is 2. The molecule has 1 amide bonds. The molecule has 0 aromatic heterocycles. The van der Waals surface area contributed by atoms with E-state index in [0.29, 0.717) is 0 Å². The van der Waals surface area contributed by atoms with Gasteiger partial charge in [-0.3, -0.25) is 4.79 Å². The van der Waals surface area contributed by atoms with Crippen LogP contribution in [-0.2, 0) is 4.79 Å². The average Bonchev–Trinajstić information content (AvgIpc) is 2.99. The SMILES string of the molecule is C[C@@H](NC(=O)C1(N)CC1)c1ccccc1.Cl. The van der Waals surface area contributed by atoms with Crippen molar-refractivity contribution in [2.45, 2.75) is 31.3 Å². The van der Waals surface area contributed by atoms with Crippen molar-refractivity contribution in [3.05, 3.63) is 35.9 Å². The van der Waals surface area contributed by atoms with E-state index in [-0.39, 0.29) is 24.4 Å². The molecule has 1 aromatic carbocycles. The second kappa shape index (κ2) is 4.85. The first-order valence-electron chi connectivity index (χ1n) is 5.27. The molecule has 0 unspecified atom stereocenters. The fourth-order valence-corrected chi connectivity index (χ4v) is 1.53. The Morgan fingerprint density at radius 1 is 1.38 bits per heavy atom. The van der Waals surface area contributed by atoms with E-state index < -0.39 is 5.54 Å². The number of halogens is 1. The summed E-state index contributed by atoms with van der Waals surface area (Å²) in [5, 5.41) is 2.93. The van der Waals surface area contributed by atoms with E-state index in [4.69, 9.17) is 5.73 Å². The Morgan fingerprint density at radius 3 is 2.44 bits per heavy atom. The molecule has 1 atom stereocenters. The Morgan fingerprint density at radius 2 is 1.94 bits per heavy atom. The third kappa shape index (κ3) is 2.74. The smallest absolute Gasteiger partial charge is 0.240 e. The second-order valence-electron chi connectivity index (χ2n) is 4.26. The van der Waals surface area contributed by atoms with Crippen LogP contribution in [0.3, 0.4) is 0 Å². The van der Waals surface area contributed by atoms with Crippen molar-refractivity contribution >= 4 is 18.3 Å². The molecule has 0 heterocycles. The van der Waals surface area contributed by atoms with Crippen molar-refractivity contribution in [1.82, 2.24) is 5.32 Å². The maximum atomic E-state index is 11.7. The van der Waals surface area contributed by atoms with Gasteiger partial charge in [-0.05, 0) is 25.3 Å². The van der Waals surface area contributed by atoms with Gasteiger partial charge in [0.25, 0.3) is 0 Å². The van der Waals surface area contributed by atoms with Gasteiger partial charge in [0, 0.05) is 0 Å². The Hall–Kier alpha value is -1.06. The van der Waals surface area contributed by atoms with E-state index in [2.05, 4.69) is 5.32 Å². The van der Waals surface area contributed by atoms with Gasteiger partial charge in [0.1, 0.15) is 0 Å². The molecular weight excluding hydrogens is 224 g/mol. The van der Waals surface area contributed by atoms with Crippen LogP contribution < -0.4 is 11.1 Å². The molecule has 1 fully saturated rings. The third-order valence-electron chi connectivity index (χ3n) is 2.89. The average molecular weight is 241 g/mol. The predicted octanol–water partition coefficient (Wildman–Crippen LogP) is 1.78. The van der Waals surface area contributed by atoms with Crippen LogP contribution in [0.2, 0.25) is 0 Å². The van der Waals surface area contributed by atoms with Crippen molar-refractivity contribution in [1.29, 1.82) is 0 Å². The molecule has 1 aliphatic carbocycles. The number of nitrogens with one attached hydrogen (secondary N) is 1. The maximum absolute atomic E-state index is 11.7. The van der Waals surface area contributed by atoms with E-state index in [0.717, 1.165) is 18.4 Å². The molecule has 1 aromatic rings. The van der Waals surface area contributed by atoms with Gasteiger partial charge in [0.05, 0.1) is 11.6 Å². The molecule has 3 N–H and O–H groups in total. The quantitative estimate of drug-likeness (QED) is 0.846. The van der Waals surface area contributed by atoms with Gasteiger partial charge < -0.3 is 11.1 Å². The standard InChI is InChI=1S/C12H16N2O.ClH/c1-9(10-5-3-2-4-6-10)14-11(15)12(13)7-8-12;/h2-6,9H,7-8,13H2,1H3,(H,14,15);1H/t9-;/m1./s1. The van der Waals surface area contributed by atoms with E-state index in [1.807, 2.05) is 37.3 Å². The van der Waals surface area contributed by atoms with Crippen LogP contribution in [0.5, 0.6) is 0 Å². The van der Waals surface area contributed by atoms with Gasteiger partial charge in [-0.25, -0.2) is 0 Å². The highest BCUT2D eigenvalue weighted by atomic mass is 35.5. The highest BCUT2D eigenvalue weighted by Gasteiger charge is 2.46. The summed E-state index contributed by atoms with van der Waals surface area (Å²) in [7, 11) is 0. The molecule has 0 bridgehead atoms. The number of hydrogen-bond donors (Lipinski definition) is 2. The van der Waals surface area contributed by atoms with Crippen LogP contribution in [0, 0.1) is 0 Å². The number of carbonyl (C=O) groups is 1. The molecule has 2 rings (SSSR count). The van der Waals surface area contributed by atoms with Crippen LogP contribution in [-0.4, -0.2) is 11.4 Å². The molecule has 1 saturated carbocycles. The number of nitrogens with two attached hydrogens (primary N) is 1. The lowest BCUT2D eigenvalue weighted by Gasteiger charge is -2.17. The Balaban J connectivity index is 0.00000128. The zero-order chi connectivity index (χ0) is 10.9. The first-order valence-corrected chi connectivity index (χ1v) is 5.27. The molecule has 4 heteroatoms. The lowest BCUT2D eigenvalue weighted by molar-refractivity contribution is -0.123. The second-order valence-corrected chi connectivity index (χ2v) is 4.26. The summed E-state index contributed by atoms with van der Waals surface area (Å²) < 4.78 is 0. The summed E-state index contributed by atoms with van der Waals surface area (Å²) in [4.78, 5) is 11.7. The Bertz CT molecular complexity index is 363. The van der Waals surface area contributed by atoms with Gasteiger partial charge in [-0.2, -0.15) is 0 Å². The fraction of sp³-hybridized carbons (Fsp3) is 0.417. The molecule has 0 spiro atoms. The number of rotatable bonds is 3. The Labute approximate surface area is 102 Å². The lowest BCUT2D eigenvalue weighted by Crippen LogP contribution is -2.43. The minimum absolute atomic E-state index is 0. The molecule has 0 aliphatic heterocycles. The summed E-state index contributed by atoms with van der Waals surface area (Å²) in [6.45, 7) is 1.97. The zero-order valence-electron chi connectivity index (χ0n) is 9.27. The minimum Gasteiger partial charge on any atom is -0.348 e. The van der Waals surface area contributed by atoms with E-state index in [1.54, 1.807) is 0 Å². The summed E-state index contributed by atoms with van der Waals surface area (Å²) >= 11 is 0. The molecule has 16 heavy (non-hydrogen) atoms. The van der Waals surface area contributed by atoms with Gasteiger partial charge in [0.2, 0.25) is 5.91 Å². The van der Waals surface area contributed by atoms with Crippen LogP contribution in [0.25, 0.3) is 0 Å². The molecule has 88 valence electrons. The molecule has 3 nitrogen and oxygen atoms in total. The first kappa shape index (κ1) is 13.0. The predicted molar refractivity (Wildman–Crippen MR) is 66.4 cm³/mol. The highest BCUT2D eigenvalue weighted by molar-refractivity contribution is 5.89. The fourth-order valence-electron chi connectivity index (χ4n) is 1.53. The molecule has 0 saturated heterocycles. The van der Waals surface area contributed by atoms with Gasteiger partial charge >= 0.3 is 0 Å². The van der Waals surface area contributed by atoms with Crippen molar-refractivity contribution < 1.29 is 4.79 Å². The number of amides is 1. The van der Waals surface area contributed by atoms with Crippen LogP contribution in [0.4, 0.5) is 0 Å². The van der Waals surface area contributed by atoms with Crippen molar-refractivity contribution in [2.24, 2.45) is 5.73 Å². The lowest BCUT2D eigenvalue weighted by atomic mass is 10.1. The van der Waals surface area contributed by atoms with Gasteiger partial charge in [-0.15, -0.1) is 12.4 Å². The molecule has 0 radical (unpaired) electrons. The topological polar surface area (TPSA) is 55.1 Å². The van der Waals surface area contributed by atoms with Gasteiger partial charge in [0.15, 0.2) is 0 Å². The van der Waals surface area contributed by atoms with Crippen LogP contribution >= 0.6 is 12.4 Å². The van der Waals surface area contributed by atoms with E-state index >= 15 is 0 Å². The van der Waals surface area contributed by atoms with E-state index in [9.17, 15) is 4.79 Å². The van der Waals surface area contributed by atoms with Crippen LogP contribution in [0.15, 0.2) is 30.3 Å². The third-order valence-corrected chi connectivity index (χ3v) is 2.89.